The lowest BCUT2D eigenvalue weighted by Crippen LogP contribution is -2.15. The Balaban J connectivity index is 2.46. The first-order valence-electron chi connectivity index (χ1n) is 7.45. The molecular formula is C18H27NO. The van der Waals surface area contributed by atoms with Crippen molar-refractivity contribution in [2.45, 2.75) is 59.3 Å². The van der Waals surface area contributed by atoms with Crippen LogP contribution in [0.15, 0.2) is 24.3 Å². The second-order valence-corrected chi connectivity index (χ2v) is 6.71. The summed E-state index contributed by atoms with van der Waals surface area (Å²) in [6.45, 7) is 11.3. The SMILES string of the molecule is CCC(C)(C)c1ccc(OCCCC(C)(C)C#N)cc1. The van der Waals surface area contributed by atoms with Crippen LogP contribution in [0.5, 0.6) is 5.75 Å². The molecular weight excluding hydrogens is 246 g/mol. The molecule has 0 aromatic heterocycles. The van der Waals surface area contributed by atoms with E-state index in [2.05, 4.69) is 39.0 Å². The molecule has 0 aliphatic rings. The normalized spacial score (nSPS) is 12.0. The van der Waals surface area contributed by atoms with Crippen molar-refractivity contribution in [3.05, 3.63) is 29.8 Å². The molecule has 0 aliphatic carbocycles. The van der Waals surface area contributed by atoms with Crippen molar-refractivity contribution in [1.29, 1.82) is 5.26 Å². The van der Waals surface area contributed by atoms with E-state index in [9.17, 15) is 0 Å². The number of ether oxygens (including phenoxy) is 1. The van der Waals surface area contributed by atoms with Crippen LogP contribution < -0.4 is 4.74 Å². The van der Waals surface area contributed by atoms with Crippen molar-refractivity contribution in [2.75, 3.05) is 6.61 Å². The molecule has 0 radical (unpaired) electrons. The summed E-state index contributed by atoms with van der Waals surface area (Å²) in [6.07, 6.45) is 2.89. The van der Waals surface area contributed by atoms with Gasteiger partial charge in [0.15, 0.2) is 0 Å². The minimum atomic E-state index is -0.252. The molecule has 1 rings (SSSR count). The molecule has 2 heteroatoms. The number of nitriles is 1. The van der Waals surface area contributed by atoms with E-state index in [4.69, 9.17) is 10.00 Å². The summed E-state index contributed by atoms with van der Waals surface area (Å²) >= 11 is 0. The van der Waals surface area contributed by atoms with Crippen LogP contribution in [0, 0.1) is 16.7 Å². The van der Waals surface area contributed by atoms with Gasteiger partial charge >= 0.3 is 0 Å². The number of benzene rings is 1. The first-order chi connectivity index (χ1) is 9.30. The summed E-state index contributed by atoms with van der Waals surface area (Å²) in [6, 6.07) is 10.7. The van der Waals surface area contributed by atoms with Gasteiger partial charge in [0.25, 0.3) is 0 Å². The molecule has 20 heavy (non-hydrogen) atoms. The van der Waals surface area contributed by atoms with Crippen LogP contribution in [-0.2, 0) is 5.41 Å². The molecule has 0 saturated carbocycles. The van der Waals surface area contributed by atoms with Crippen LogP contribution in [0.25, 0.3) is 0 Å². The molecule has 0 fully saturated rings. The highest BCUT2D eigenvalue weighted by Crippen LogP contribution is 2.28. The molecule has 1 aromatic rings. The minimum absolute atomic E-state index is 0.218. The molecule has 2 nitrogen and oxygen atoms in total. The number of hydrogen-bond donors (Lipinski definition) is 0. The van der Waals surface area contributed by atoms with E-state index in [0.29, 0.717) is 6.61 Å². The third-order valence-electron chi connectivity index (χ3n) is 4.04. The number of rotatable bonds is 7. The van der Waals surface area contributed by atoms with Crippen molar-refractivity contribution < 1.29 is 4.74 Å². The van der Waals surface area contributed by atoms with E-state index in [1.54, 1.807) is 0 Å². The third kappa shape index (κ3) is 4.89. The Morgan fingerprint density at radius 2 is 1.70 bits per heavy atom. The highest BCUT2D eigenvalue weighted by molar-refractivity contribution is 5.31. The van der Waals surface area contributed by atoms with E-state index in [1.807, 2.05) is 26.0 Å². The predicted molar refractivity (Wildman–Crippen MR) is 83.9 cm³/mol. The zero-order chi connectivity index (χ0) is 15.2. The van der Waals surface area contributed by atoms with Gasteiger partial charge < -0.3 is 4.74 Å². The number of hydrogen-bond acceptors (Lipinski definition) is 2. The van der Waals surface area contributed by atoms with E-state index < -0.39 is 0 Å². The first kappa shape index (κ1) is 16.6. The van der Waals surface area contributed by atoms with E-state index in [1.165, 1.54) is 5.56 Å². The van der Waals surface area contributed by atoms with Crippen molar-refractivity contribution in [3.8, 4) is 11.8 Å². The predicted octanol–water partition coefficient (Wildman–Crippen LogP) is 5.08. The van der Waals surface area contributed by atoms with Crippen molar-refractivity contribution in [3.63, 3.8) is 0 Å². The summed E-state index contributed by atoms with van der Waals surface area (Å²) < 4.78 is 5.74. The topological polar surface area (TPSA) is 33.0 Å². The molecule has 0 aliphatic heterocycles. The fraction of sp³-hybridized carbons (Fsp3) is 0.611. The maximum absolute atomic E-state index is 8.95. The maximum Gasteiger partial charge on any atom is 0.119 e. The molecule has 0 bridgehead atoms. The Morgan fingerprint density at radius 3 is 2.20 bits per heavy atom. The lowest BCUT2D eigenvalue weighted by Gasteiger charge is -2.23. The molecule has 0 N–H and O–H groups in total. The summed E-state index contributed by atoms with van der Waals surface area (Å²) in [5.41, 5.74) is 1.31. The van der Waals surface area contributed by atoms with Gasteiger partial charge in [-0.3, -0.25) is 0 Å². The van der Waals surface area contributed by atoms with Gasteiger partial charge in [-0.15, -0.1) is 0 Å². The fourth-order valence-corrected chi connectivity index (χ4v) is 1.97. The summed E-state index contributed by atoms with van der Waals surface area (Å²) in [4.78, 5) is 0. The Hall–Kier alpha value is -1.49. The van der Waals surface area contributed by atoms with Crippen LogP contribution in [-0.4, -0.2) is 6.61 Å². The molecule has 0 atom stereocenters. The van der Waals surface area contributed by atoms with E-state index in [-0.39, 0.29) is 10.8 Å². The molecule has 0 amide bonds. The molecule has 0 spiro atoms. The van der Waals surface area contributed by atoms with Gasteiger partial charge in [0.2, 0.25) is 0 Å². The van der Waals surface area contributed by atoms with Gasteiger partial charge in [0.1, 0.15) is 5.75 Å². The standard InChI is InChI=1S/C18H27NO/c1-6-18(4,5)15-8-10-16(11-9-15)20-13-7-12-17(2,3)14-19/h8-11H,6-7,12-13H2,1-5H3. The Bertz CT molecular complexity index is 451. The maximum atomic E-state index is 8.95. The second-order valence-electron chi connectivity index (χ2n) is 6.71. The van der Waals surface area contributed by atoms with Gasteiger partial charge in [-0.25, -0.2) is 0 Å². The summed E-state index contributed by atoms with van der Waals surface area (Å²) in [7, 11) is 0. The van der Waals surface area contributed by atoms with Crippen molar-refractivity contribution in [2.24, 2.45) is 5.41 Å². The Labute approximate surface area is 123 Å². The highest BCUT2D eigenvalue weighted by Gasteiger charge is 2.18. The number of nitrogens with zero attached hydrogens (tertiary/aromatic N) is 1. The lowest BCUT2D eigenvalue weighted by molar-refractivity contribution is 0.284. The second kappa shape index (κ2) is 6.79. The quantitative estimate of drug-likeness (QED) is 0.649. The third-order valence-corrected chi connectivity index (χ3v) is 4.04. The summed E-state index contributed by atoms with van der Waals surface area (Å²) in [5, 5.41) is 8.95. The van der Waals surface area contributed by atoms with Crippen LogP contribution in [0.1, 0.15) is 59.4 Å². The molecule has 110 valence electrons. The van der Waals surface area contributed by atoms with Crippen molar-refractivity contribution in [1.82, 2.24) is 0 Å². The molecule has 1 aromatic carbocycles. The van der Waals surface area contributed by atoms with Gasteiger partial charge in [-0.05, 0) is 56.2 Å². The molecule has 0 heterocycles. The average Bonchev–Trinajstić information content (AvgIpc) is 2.44. The highest BCUT2D eigenvalue weighted by atomic mass is 16.5. The minimum Gasteiger partial charge on any atom is -0.494 e. The van der Waals surface area contributed by atoms with Crippen LogP contribution in [0.4, 0.5) is 0 Å². The monoisotopic (exact) mass is 273 g/mol. The van der Waals surface area contributed by atoms with Gasteiger partial charge in [-0.2, -0.15) is 5.26 Å². The zero-order valence-corrected chi connectivity index (χ0v) is 13.5. The lowest BCUT2D eigenvalue weighted by atomic mass is 9.82. The summed E-state index contributed by atoms with van der Waals surface area (Å²) in [5.74, 6) is 0.912. The molecule has 0 unspecified atom stereocenters. The molecule has 0 saturated heterocycles. The Kier molecular flexibility index (Phi) is 5.62. The first-order valence-corrected chi connectivity index (χ1v) is 7.45. The van der Waals surface area contributed by atoms with Crippen LogP contribution >= 0.6 is 0 Å². The van der Waals surface area contributed by atoms with Gasteiger partial charge in [0.05, 0.1) is 18.1 Å². The van der Waals surface area contributed by atoms with Crippen molar-refractivity contribution >= 4 is 0 Å². The van der Waals surface area contributed by atoms with E-state index >= 15 is 0 Å². The van der Waals surface area contributed by atoms with Gasteiger partial charge in [-0.1, -0.05) is 32.9 Å². The van der Waals surface area contributed by atoms with Gasteiger partial charge in [0, 0.05) is 0 Å². The largest absolute Gasteiger partial charge is 0.494 e. The smallest absolute Gasteiger partial charge is 0.119 e. The van der Waals surface area contributed by atoms with Crippen LogP contribution in [0.3, 0.4) is 0 Å². The fourth-order valence-electron chi connectivity index (χ4n) is 1.97. The average molecular weight is 273 g/mol. The zero-order valence-electron chi connectivity index (χ0n) is 13.5. The Morgan fingerprint density at radius 1 is 1.10 bits per heavy atom. The van der Waals surface area contributed by atoms with E-state index in [0.717, 1.165) is 25.0 Å². The van der Waals surface area contributed by atoms with Crippen LogP contribution in [0.2, 0.25) is 0 Å².